The number of nitrogens with one attached hydrogen (secondary N) is 1. The van der Waals surface area contributed by atoms with Crippen molar-refractivity contribution >= 4 is 5.91 Å². The molecule has 0 aromatic heterocycles. The summed E-state index contributed by atoms with van der Waals surface area (Å²) < 4.78 is 11.2. The van der Waals surface area contributed by atoms with Gasteiger partial charge in [0, 0.05) is 6.54 Å². The Morgan fingerprint density at radius 3 is 2.95 bits per heavy atom. The predicted octanol–water partition coefficient (Wildman–Crippen LogP) is 0.783. The number of ether oxygens (including phenoxy) is 2. The van der Waals surface area contributed by atoms with E-state index in [1.807, 2.05) is 4.90 Å². The standard InChI is InChI=1S/C14H26N2O3/c1-2-12-11-18-10-8-16(12)14(17)5-9-19-13-3-6-15-7-4-13/h12-13,15H,2-11H2,1H3. The molecule has 0 aromatic rings. The zero-order valence-electron chi connectivity index (χ0n) is 11.9. The monoisotopic (exact) mass is 270 g/mol. The van der Waals surface area contributed by atoms with Gasteiger partial charge in [-0.25, -0.2) is 0 Å². The second-order valence-electron chi connectivity index (χ2n) is 5.29. The minimum absolute atomic E-state index is 0.212. The number of rotatable bonds is 5. The maximum atomic E-state index is 12.2. The third-order valence-electron chi connectivity index (χ3n) is 3.97. The average Bonchev–Trinajstić information content (AvgIpc) is 2.48. The second-order valence-corrected chi connectivity index (χ2v) is 5.29. The predicted molar refractivity (Wildman–Crippen MR) is 73.1 cm³/mol. The van der Waals surface area contributed by atoms with Gasteiger partial charge in [0.1, 0.15) is 0 Å². The summed E-state index contributed by atoms with van der Waals surface area (Å²) >= 11 is 0. The second kappa shape index (κ2) is 7.82. The molecule has 1 atom stereocenters. The van der Waals surface area contributed by atoms with Gasteiger partial charge in [-0.05, 0) is 32.4 Å². The highest BCUT2D eigenvalue weighted by molar-refractivity contribution is 5.76. The Labute approximate surface area is 115 Å². The zero-order chi connectivity index (χ0) is 13.5. The lowest BCUT2D eigenvalue weighted by atomic mass is 10.1. The summed E-state index contributed by atoms with van der Waals surface area (Å²) in [4.78, 5) is 14.2. The largest absolute Gasteiger partial charge is 0.378 e. The van der Waals surface area contributed by atoms with E-state index in [1.165, 1.54) is 0 Å². The van der Waals surface area contributed by atoms with Crippen molar-refractivity contribution in [3.8, 4) is 0 Å². The summed E-state index contributed by atoms with van der Waals surface area (Å²) in [5.74, 6) is 0.212. The first-order chi connectivity index (χ1) is 9.31. The lowest BCUT2D eigenvalue weighted by molar-refractivity contribution is -0.141. The molecule has 1 amide bonds. The fraction of sp³-hybridized carbons (Fsp3) is 0.929. The third-order valence-corrected chi connectivity index (χ3v) is 3.97. The maximum absolute atomic E-state index is 12.2. The lowest BCUT2D eigenvalue weighted by Crippen LogP contribution is -2.48. The Morgan fingerprint density at radius 2 is 2.21 bits per heavy atom. The van der Waals surface area contributed by atoms with E-state index in [2.05, 4.69) is 12.2 Å². The fourth-order valence-electron chi connectivity index (χ4n) is 2.74. The highest BCUT2D eigenvalue weighted by atomic mass is 16.5. The number of carbonyl (C=O) groups is 1. The van der Waals surface area contributed by atoms with E-state index >= 15 is 0 Å². The maximum Gasteiger partial charge on any atom is 0.225 e. The highest BCUT2D eigenvalue weighted by Gasteiger charge is 2.25. The first-order valence-electron chi connectivity index (χ1n) is 7.50. The van der Waals surface area contributed by atoms with Crippen LogP contribution in [0.15, 0.2) is 0 Å². The van der Waals surface area contributed by atoms with Gasteiger partial charge in [0.2, 0.25) is 5.91 Å². The molecule has 2 saturated heterocycles. The lowest BCUT2D eigenvalue weighted by Gasteiger charge is -2.35. The number of piperidine rings is 1. The molecule has 2 rings (SSSR count). The molecule has 2 fully saturated rings. The normalized spacial score (nSPS) is 25.5. The Balaban J connectivity index is 1.67. The molecular weight excluding hydrogens is 244 g/mol. The number of hydrogen-bond acceptors (Lipinski definition) is 4. The van der Waals surface area contributed by atoms with Crippen molar-refractivity contribution in [3.05, 3.63) is 0 Å². The van der Waals surface area contributed by atoms with E-state index in [1.54, 1.807) is 0 Å². The molecule has 0 saturated carbocycles. The Kier molecular flexibility index (Phi) is 6.07. The zero-order valence-corrected chi connectivity index (χ0v) is 11.9. The molecular formula is C14H26N2O3. The average molecular weight is 270 g/mol. The molecule has 1 N–H and O–H groups in total. The van der Waals surface area contributed by atoms with Crippen LogP contribution in [0.3, 0.4) is 0 Å². The van der Waals surface area contributed by atoms with Gasteiger partial charge in [-0.1, -0.05) is 6.92 Å². The molecule has 1 unspecified atom stereocenters. The number of carbonyl (C=O) groups excluding carboxylic acids is 1. The van der Waals surface area contributed by atoms with Gasteiger partial charge >= 0.3 is 0 Å². The van der Waals surface area contributed by atoms with Crippen molar-refractivity contribution < 1.29 is 14.3 Å². The molecule has 110 valence electrons. The van der Waals surface area contributed by atoms with Crippen molar-refractivity contribution in [3.63, 3.8) is 0 Å². The first kappa shape index (κ1) is 14.8. The molecule has 2 heterocycles. The molecule has 5 heteroatoms. The van der Waals surface area contributed by atoms with E-state index in [-0.39, 0.29) is 11.9 Å². The Morgan fingerprint density at radius 1 is 1.42 bits per heavy atom. The van der Waals surface area contributed by atoms with Gasteiger partial charge in [-0.2, -0.15) is 0 Å². The summed E-state index contributed by atoms with van der Waals surface area (Å²) in [5, 5.41) is 3.31. The summed E-state index contributed by atoms with van der Waals surface area (Å²) in [6.45, 7) is 6.78. The van der Waals surface area contributed by atoms with Crippen LogP contribution in [0.25, 0.3) is 0 Å². The van der Waals surface area contributed by atoms with Crippen LogP contribution in [0.5, 0.6) is 0 Å². The van der Waals surface area contributed by atoms with Crippen molar-refractivity contribution in [1.29, 1.82) is 0 Å². The van der Waals surface area contributed by atoms with Crippen LogP contribution in [0.2, 0.25) is 0 Å². The minimum Gasteiger partial charge on any atom is -0.378 e. The molecule has 0 radical (unpaired) electrons. The molecule has 0 spiro atoms. The third kappa shape index (κ3) is 4.44. The summed E-state index contributed by atoms with van der Waals surface area (Å²) in [5.41, 5.74) is 0. The Bertz CT molecular complexity index is 280. The van der Waals surface area contributed by atoms with Crippen LogP contribution in [0.4, 0.5) is 0 Å². The van der Waals surface area contributed by atoms with Gasteiger partial charge in [0.05, 0.1) is 38.4 Å². The quantitative estimate of drug-likeness (QED) is 0.802. The number of amides is 1. The number of nitrogens with zero attached hydrogens (tertiary/aromatic N) is 1. The SMILES string of the molecule is CCC1COCCN1C(=O)CCOC1CCNCC1. The van der Waals surface area contributed by atoms with E-state index in [0.717, 1.165) is 38.9 Å². The summed E-state index contributed by atoms with van der Waals surface area (Å²) in [7, 11) is 0. The van der Waals surface area contributed by atoms with Gasteiger partial charge in [0.15, 0.2) is 0 Å². The topological polar surface area (TPSA) is 50.8 Å². The molecule has 2 aliphatic rings. The van der Waals surface area contributed by atoms with Crippen LogP contribution in [-0.4, -0.2) is 62.4 Å². The first-order valence-corrected chi connectivity index (χ1v) is 7.50. The smallest absolute Gasteiger partial charge is 0.225 e. The van der Waals surface area contributed by atoms with Crippen LogP contribution >= 0.6 is 0 Å². The minimum atomic E-state index is 0.212. The van der Waals surface area contributed by atoms with E-state index in [4.69, 9.17) is 9.47 Å². The molecule has 19 heavy (non-hydrogen) atoms. The van der Waals surface area contributed by atoms with Gasteiger partial charge < -0.3 is 19.7 Å². The highest BCUT2D eigenvalue weighted by Crippen LogP contribution is 2.13. The van der Waals surface area contributed by atoms with E-state index in [9.17, 15) is 4.79 Å². The molecule has 5 nitrogen and oxygen atoms in total. The van der Waals surface area contributed by atoms with Crippen molar-refractivity contribution in [2.75, 3.05) is 39.5 Å². The summed E-state index contributed by atoms with van der Waals surface area (Å²) in [6.07, 6.45) is 3.91. The fourth-order valence-corrected chi connectivity index (χ4v) is 2.74. The van der Waals surface area contributed by atoms with Gasteiger partial charge in [0.25, 0.3) is 0 Å². The van der Waals surface area contributed by atoms with Crippen LogP contribution < -0.4 is 5.32 Å². The van der Waals surface area contributed by atoms with Gasteiger partial charge in [-0.15, -0.1) is 0 Å². The van der Waals surface area contributed by atoms with Gasteiger partial charge in [-0.3, -0.25) is 4.79 Å². The molecule has 0 aliphatic carbocycles. The molecule has 0 aromatic carbocycles. The van der Waals surface area contributed by atoms with Crippen molar-refractivity contribution in [2.24, 2.45) is 0 Å². The Hall–Kier alpha value is -0.650. The van der Waals surface area contributed by atoms with E-state index in [0.29, 0.717) is 32.3 Å². The van der Waals surface area contributed by atoms with Crippen LogP contribution in [-0.2, 0) is 14.3 Å². The van der Waals surface area contributed by atoms with Crippen molar-refractivity contribution in [2.45, 2.75) is 44.8 Å². The van der Waals surface area contributed by atoms with Crippen LogP contribution in [0.1, 0.15) is 32.6 Å². The molecule has 2 aliphatic heterocycles. The molecule has 0 bridgehead atoms. The van der Waals surface area contributed by atoms with Crippen molar-refractivity contribution in [1.82, 2.24) is 10.2 Å². The number of morpholine rings is 1. The van der Waals surface area contributed by atoms with E-state index < -0.39 is 0 Å². The number of hydrogen-bond donors (Lipinski definition) is 1. The van der Waals surface area contributed by atoms with Crippen LogP contribution in [0, 0.1) is 0 Å². The summed E-state index contributed by atoms with van der Waals surface area (Å²) in [6, 6.07) is 0.250.